The third kappa shape index (κ3) is 3.95. The first-order chi connectivity index (χ1) is 15.7. The van der Waals surface area contributed by atoms with E-state index in [4.69, 9.17) is 0 Å². The minimum Gasteiger partial charge on any atom is -0.350 e. The molecule has 4 heterocycles. The second-order valence-corrected chi connectivity index (χ2v) is 10.2. The fourth-order valence-corrected chi connectivity index (χ4v) is 6.02. The number of carbonyl (C=O) groups excluding carboxylic acids is 2. The summed E-state index contributed by atoms with van der Waals surface area (Å²) < 4.78 is 31.6. The second-order valence-electron chi connectivity index (χ2n) is 10.2. The summed E-state index contributed by atoms with van der Waals surface area (Å²) in [6, 6.07) is -1.70. The van der Waals surface area contributed by atoms with E-state index < -0.39 is 35.4 Å². The molecule has 2 saturated carbocycles. The van der Waals surface area contributed by atoms with Gasteiger partial charge in [-0.1, -0.05) is 0 Å². The van der Waals surface area contributed by atoms with Crippen LogP contribution < -0.4 is 5.32 Å². The van der Waals surface area contributed by atoms with Crippen LogP contribution in [0.4, 0.5) is 8.78 Å². The molecule has 1 aromatic heterocycles. The molecule has 2 amide bonds. The highest BCUT2D eigenvalue weighted by Crippen LogP contribution is 2.52. The van der Waals surface area contributed by atoms with Gasteiger partial charge in [0.05, 0.1) is 12.1 Å². The Labute approximate surface area is 193 Å². The number of hydrogen-bond donors (Lipinski definition) is 1. The first-order valence-corrected chi connectivity index (χ1v) is 12.2. The van der Waals surface area contributed by atoms with E-state index >= 15 is 0 Å². The molecule has 6 rings (SSSR count). The lowest BCUT2D eigenvalue weighted by molar-refractivity contribution is -0.197. The maximum atomic E-state index is 14.9. The number of fused-ring (bicyclic) bond motifs is 3. The Hall–Kier alpha value is -2.07. The number of halogens is 2. The van der Waals surface area contributed by atoms with E-state index in [-0.39, 0.29) is 25.3 Å². The molecule has 2 bridgehead atoms. The molecule has 1 N–H and O–H groups in total. The van der Waals surface area contributed by atoms with Crippen LogP contribution in [0.25, 0.3) is 0 Å². The Bertz CT molecular complexity index is 909. The number of alkyl halides is 2. The van der Waals surface area contributed by atoms with Gasteiger partial charge in [0.2, 0.25) is 11.8 Å². The molecule has 3 saturated heterocycles. The first-order valence-electron chi connectivity index (χ1n) is 12.2. The van der Waals surface area contributed by atoms with E-state index in [9.17, 15) is 18.4 Å². The third-order valence-electron chi connectivity index (χ3n) is 8.15. The van der Waals surface area contributed by atoms with E-state index in [0.29, 0.717) is 13.0 Å². The standard InChI is InChI=1S/C23H34F2N6O2/c1-3-30-15-16(14-27-30)13-26-20(32)19-18-5-4-17(12-23(18,24)25)31(19)21(33)22(6-7-22)29-10-8-28(2)9-11-29/h14-15,17-19H,3-13H2,1-2H3,(H,26,32)/t17?,18?,19-/m1/s1. The number of aryl methyl sites for hydroxylation is 1. The van der Waals surface area contributed by atoms with Gasteiger partial charge in [0.15, 0.2) is 0 Å². The monoisotopic (exact) mass is 464 g/mol. The quantitative estimate of drug-likeness (QED) is 0.688. The van der Waals surface area contributed by atoms with Crippen molar-refractivity contribution in [2.75, 3.05) is 33.2 Å². The van der Waals surface area contributed by atoms with Crippen molar-refractivity contribution in [2.45, 2.75) is 75.7 Å². The number of nitrogens with zero attached hydrogens (tertiary/aromatic N) is 5. The SMILES string of the molecule is CCn1cc(CNC(=O)[C@H]2C3CCC(CC3(F)F)N2C(=O)C2(N3CCN(C)CC3)CC2)cn1. The van der Waals surface area contributed by atoms with Gasteiger partial charge in [0.25, 0.3) is 5.92 Å². The molecule has 2 unspecified atom stereocenters. The van der Waals surface area contributed by atoms with Crippen LogP contribution >= 0.6 is 0 Å². The Kier molecular flexibility index (Phi) is 5.71. The van der Waals surface area contributed by atoms with E-state index in [1.807, 2.05) is 13.1 Å². The van der Waals surface area contributed by atoms with E-state index in [2.05, 4.69) is 27.3 Å². The Morgan fingerprint density at radius 1 is 1.18 bits per heavy atom. The molecule has 1 aromatic rings. The molecule has 10 heteroatoms. The molecule has 5 aliphatic rings. The maximum absolute atomic E-state index is 14.9. The lowest BCUT2D eigenvalue weighted by Gasteiger charge is -2.55. The van der Waals surface area contributed by atoms with Crippen LogP contribution in [0.2, 0.25) is 0 Å². The number of aromatic nitrogens is 2. The molecular formula is C23H34F2N6O2. The highest BCUT2D eigenvalue weighted by atomic mass is 19.3. The number of piperazine rings is 1. The molecule has 182 valence electrons. The minimum atomic E-state index is -2.93. The lowest BCUT2D eigenvalue weighted by atomic mass is 9.71. The summed E-state index contributed by atoms with van der Waals surface area (Å²) in [6.07, 6.45) is 5.45. The number of rotatable bonds is 6. The highest BCUT2D eigenvalue weighted by molar-refractivity contribution is 5.95. The Morgan fingerprint density at radius 2 is 1.91 bits per heavy atom. The fourth-order valence-electron chi connectivity index (χ4n) is 6.02. The molecule has 8 nitrogen and oxygen atoms in total. The maximum Gasteiger partial charge on any atom is 0.255 e. The zero-order valence-corrected chi connectivity index (χ0v) is 19.5. The predicted molar refractivity (Wildman–Crippen MR) is 117 cm³/mol. The highest BCUT2D eigenvalue weighted by Gasteiger charge is 2.65. The van der Waals surface area contributed by atoms with Crippen LogP contribution in [0.1, 0.15) is 44.6 Å². The summed E-state index contributed by atoms with van der Waals surface area (Å²) in [5.41, 5.74) is 0.196. The van der Waals surface area contributed by atoms with Gasteiger partial charge in [-0.2, -0.15) is 5.10 Å². The van der Waals surface area contributed by atoms with Crippen molar-refractivity contribution in [1.82, 2.24) is 29.8 Å². The van der Waals surface area contributed by atoms with Crippen molar-refractivity contribution in [3.05, 3.63) is 18.0 Å². The molecule has 0 aromatic carbocycles. The number of likely N-dealkylation sites (N-methyl/N-ethyl adjacent to an activating group) is 1. The van der Waals surface area contributed by atoms with Crippen LogP contribution in [-0.4, -0.2) is 93.1 Å². The smallest absolute Gasteiger partial charge is 0.255 e. The summed E-state index contributed by atoms with van der Waals surface area (Å²) in [4.78, 5) is 33.3. The second kappa shape index (κ2) is 8.30. The van der Waals surface area contributed by atoms with Gasteiger partial charge in [0.1, 0.15) is 11.6 Å². The molecule has 3 aliphatic heterocycles. The molecule has 33 heavy (non-hydrogen) atoms. The average Bonchev–Trinajstić information content (AvgIpc) is 3.47. The Balaban J connectivity index is 1.36. The van der Waals surface area contributed by atoms with Crippen LogP contribution in [0.3, 0.4) is 0 Å². The van der Waals surface area contributed by atoms with Crippen LogP contribution in [0.5, 0.6) is 0 Å². The van der Waals surface area contributed by atoms with Crippen LogP contribution in [-0.2, 0) is 22.7 Å². The summed E-state index contributed by atoms with van der Waals surface area (Å²) in [7, 11) is 2.06. The van der Waals surface area contributed by atoms with Gasteiger partial charge in [-0.25, -0.2) is 8.78 Å². The number of nitrogens with one attached hydrogen (secondary N) is 1. The van der Waals surface area contributed by atoms with Gasteiger partial charge in [-0.15, -0.1) is 0 Å². The molecule has 5 fully saturated rings. The summed E-state index contributed by atoms with van der Waals surface area (Å²) in [6.45, 7) is 6.24. The lowest BCUT2D eigenvalue weighted by Crippen LogP contribution is -2.71. The van der Waals surface area contributed by atoms with Crippen molar-refractivity contribution in [3.8, 4) is 0 Å². The van der Waals surface area contributed by atoms with Gasteiger partial charge in [-0.05, 0) is 39.7 Å². The minimum absolute atomic E-state index is 0.115. The van der Waals surface area contributed by atoms with Gasteiger partial charge >= 0.3 is 0 Å². The van der Waals surface area contributed by atoms with Gasteiger partial charge in [0, 0.05) is 63.5 Å². The largest absolute Gasteiger partial charge is 0.350 e. The van der Waals surface area contributed by atoms with E-state index in [1.54, 1.807) is 15.8 Å². The molecule has 3 atom stereocenters. The molecule has 2 aliphatic carbocycles. The van der Waals surface area contributed by atoms with Gasteiger partial charge in [-0.3, -0.25) is 19.2 Å². The third-order valence-corrected chi connectivity index (χ3v) is 8.15. The van der Waals surface area contributed by atoms with Crippen molar-refractivity contribution in [1.29, 1.82) is 0 Å². The zero-order valence-electron chi connectivity index (χ0n) is 19.5. The molecule has 0 radical (unpaired) electrons. The van der Waals surface area contributed by atoms with Crippen molar-refractivity contribution >= 4 is 11.8 Å². The molecular weight excluding hydrogens is 430 g/mol. The first kappa shape index (κ1) is 22.7. The summed E-state index contributed by atoms with van der Waals surface area (Å²) >= 11 is 0. The van der Waals surface area contributed by atoms with E-state index in [0.717, 1.165) is 44.6 Å². The Morgan fingerprint density at radius 3 is 2.52 bits per heavy atom. The predicted octanol–water partition coefficient (Wildman–Crippen LogP) is 1.31. The average molecular weight is 465 g/mol. The summed E-state index contributed by atoms with van der Waals surface area (Å²) in [5, 5.41) is 7.03. The fraction of sp³-hybridized carbons (Fsp3) is 0.783. The topological polar surface area (TPSA) is 73.7 Å². The van der Waals surface area contributed by atoms with Crippen molar-refractivity contribution in [3.63, 3.8) is 0 Å². The summed E-state index contributed by atoms with van der Waals surface area (Å²) in [5.74, 6) is -4.65. The van der Waals surface area contributed by atoms with Crippen molar-refractivity contribution in [2.24, 2.45) is 5.92 Å². The number of piperidine rings is 2. The van der Waals surface area contributed by atoms with Crippen molar-refractivity contribution < 1.29 is 18.4 Å². The number of carbonyl (C=O) groups is 2. The number of amides is 2. The van der Waals surface area contributed by atoms with Crippen LogP contribution in [0, 0.1) is 5.92 Å². The molecule has 0 spiro atoms. The van der Waals surface area contributed by atoms with Gasteiger partial charge < -0.3 is 15.1 Å². The number of hydrogen-bond acceptors (Lipinski definition) is 5. The normalized spacial score (nSPS) is 30.9. The van der Waals surface area contributed by atoms with Crippen LogP contribution in [0.15, 0.2) is 12.4 Å². The zero-order chi connectivity index (χ0) is 23.4. The van der Waals surface area contributed by atoms with E-state index in [1.165, 1.54) is 0 Å².